The maximum atomic E-state index is 8.42. The van der Waals surface area contributed by atoms with E-state index in [0.29, 0.717) is 6.42 Å². The smallest absolute Gasteiger partial charge is 0.0635 e. The number of methoxy groups -OCH3 is 1. The largest absolute Gasteiger partial charge is 0.385 e. The molecule has 0 aromatic rings. The van der Waals surface area contributed by atoms with Crippen LogP contribution in [0.3, 0.4) is 0 Å². The summed E-state index contributed by atoms with van der Waals surface area (Å²) in [7, 11) is 1.73. The van der Waals surface area contributed by atoms with Gasteiger partial charge in [0.05, 0.1) is 6.07 Å². The molecule has 0 rings (SSSR count). The van der Waals surface area contributed by atoms with Crippen molar-refractivity contribution in [2.24, 2.45) is 0 Å². The molecule has 0 saturated carbocycles. The fourth-order valence-electron chi connectivity index (χ4n) is 1.22. The molecule has 0 spiro atoms. The summed E-state index contributed by atoms with van der Waals surface area (Å²) in [4.78, 5) is 2.30. The molecule has 0 aromatic carbocycles. The molecule has 3 nitrogen and oxygen atoms in total. The third-order valence-corrected chi connectivity index (χ3v) is 2.06. The van der Waals surface area contributed by atoms with Gasteiger partial charge < -0.3 is 9.64 Å². The lowest BCUT2D eigenvalue weighted by atomic mass is 10.3. The maximum absolute atomic E-state index is 8.42. The summed E-state index contributed by atoms with van der Waals surface area (Å²) in [5.74, 6) is 0. The van der Waals surface area contributed by atoms with Gasteiger partial charge in [0.25, 0.3) is 0 Å². The van der Waals surface area contributed by atoms with Gasteiger partial charge in [-0.15, -0.1) is 0 Å². The van der Waals surface area contributed by atoms with Crippen molar-refractivity contribution in [1.29, 1.82) is 5.26 Å². The van der Waals surface area contributed by atoms with Crippen LogP contribution in [-0.2, 0) is 4.74 Å². The molecule has 0 aliphatic carbocycles. The van der Waals surface area contributed by atoms with E-state index in [1.807, 2.05) is 0 Å². The van der Waals surface area contributed by atoms with Gasteiger partial charge in [-0.3, -0.25) is 0 Å². The van der Waals surface area contributed by atoms with E-state index >= 15 is 0 Å². The van der Waals surface area contributed by atoms with Gasteiger partial charge in [0.2, 0.25) is 0 Å². The second kappa shape index (κ2) is 9.50. The number of nitrogens with zero attached hydrogens (tertiary/aromatic N) is 2. The van der Waals surface area contributed by atoms with E-state index in [0.717, 1.165) is 39.1 Å². The third kappa shape index (κ3) is 7.76. The highest BCUT2D eigenvalue weighted by Gasteiger charge is 2.00. The number of ether oxygens (including phenoxy) is 1. The molecule has 0 aliphatic heterocycles. The van der Waals surface area contributed by atoms with Gasteiger partial charge in [0.15, 0.2) is 0 Å². The predicted molar refractivity (Wildman–Crippen MR) is 53.5 cm³/mol. The fourth-order valence-corrected chi connectivity index (χ4v) is 1.22. The Hall–Kier alpha value is -0.590. The van der Waals surface area contributed by atoms with Gasteiger partial charge >= 0.3 is 0 Å². The molecular weight excluding hydrogens is 164 g/mol. The number of unbranched alkanes of at least 4 members (excludes halogenated alkanes) is 1. The van der Waals surface area contributed by atoms with Crippen molar-refractivity contribution in [3.05, 3.63) is 0 Å². The van der Waals surface area contributed by atoms with Gasteiger partial charge in [-0.05, 0) is 25.9 Å². The van der Waals surface area contributed by atoms with E-state index in [4.69, 9.17) is 10.00 Å². The topological polar surface area (TPSA) is 36.3 Å². The van der Waals surface area contributed by atoms with E-state index in [-0.39, 0.29) is 0 Å². The molecule has 76 valence electrons. The Morgan fingerprint density at radius 3 is 2.62 bits per heavy atom. The second-order valence-electron chi connectivity index (χ2n) is 3.04. The lowest BCUT2D eigenvalue weighted by Crippen LogP contribution is -2.25. The number of rotatable bonds is 8. The summed E-state index contributed by atoms with van der Waals surface area (Å²) in [5.41, 5.74) is 0. The van der Waals surface area contributed by atoms with E-state index in [1.165, 1.54) is 0 Å². The summed E-state index contributed by atoms with van der Waals surface area (Å²) < 4.78 is 4.97. The Morgan fingerprint density at radius 1 is 1.31 bits per heavy atom. The Balaban J connectivity index is 3.32. The Kier molecular flexibility index (Phi) is 9.07. The van der Waals surface area contributed by atoms with Crippen molar-refractivity contribution in [3.8, 4) is 6.07 Å². The molecule has 0 aromatic heterocycles. The highest BCUT2D eigenvalue weighted by Crippen LogP contribution is 1.96. The van der Waals surface area contributed by atoms with E-state index in [2.05, 4.69) is 17.9 Å². The fraction of sp³-hybridized carbons (Fsp3) is 0.900. The summed E-state index contributed by atoms with van der Waals surface area (Å²) in [6.07, 6.45) is 2.91. The first-order chi connectivity index (χ1) is 6.35. The van der Waals surface area contributed by atoms with Gasteiger partial charge in [-0.25, -0.2) is 0 Å². The summed E-state index contributed by atoms with van der Waals surface area (Å²) in [5, 5.41) is 8.42. The van der Waals surface area contributed by atoms with Crippen LogP contribution in [0.4, 0.5) is 0 Å². The van der Waals surface area contributed by atoms with Crippen LogP contribution in [0.25, 0.3) is 0 Å². The quantitative estimate of drug-likeness (QED) is 0.538. The second-order valence-corrected chi connectivity index (χ2v) is 3.04. The zero-order valence-corrected chi connectivity index (χ0v) is 8.75. The van der Waals surface area contributed by atoms with Crippen LogP contribution >= 0.6 is 0 Å². The number of hydrogen-bond acceptors (Lipinski definition) is 3. The predicted octanol–water partition coefficient (Wildman–Crippen LogP) is 1.65. The van der Waals surface area contributed by atoms with Crippen molar-refractivity contribution in [2.75, 3.05) is 33.4 Å². The minimum absolute atomic E-state index is 0.637. The molecule has 0 atom stereocenters. The molecule has 0 heterocycles. The molecule has 13 heavy (non-hydrogen) atoms. The van der Waals surface area contributed by atoms with Crippen LogP contribution in [-0.4, -0.2) is 38.3 Å². The molecule has 0 amide bonds. The van der Waals surface area contributed by atoms with Crippen LogP contribution in [0.5, 0.6) is 0 Å². The first-order valence-electron chi connectivity index (χ1n) is 4.93. The minimum atomic E-state index is 0.637. The third-order valence-electron chi connectivity index (χ3n) is 2.06. The first kappa shape index (κ1) is 12.4. The van der Waals surface area contributed by atoms with Gasteiger partial charge in [0, 0.05) is 26.7 Å². The SMILES string of the molecule is CCN(CCC#N)CCCCOC. The van der Waals surface area contributed by atoms with Gasteiger partial charge in [0.1, 0.15) is 0 Å². The van der Waals surface area contributed by atoms with Crippen LogP contribution in [0.1, 0.15) is 26.2 Å². The summed E-state index contributed by atoms with van der Waals surface area (Å²) in [6, 6.07) is 2.17. The highest BCUT2D eigenvalue weighted by atomic mass is 16.5. The van der Waals surface area contributed by atoms with Gasteiger partial charge in [-0.1, -0.05) is 6.92 Å². The molecular formula is C10H20N2O. The van der Waals surface area contributed by atoms with E-state index in [1.54, 1.807) is 7.11 Å². The van der Waals surface area contributed by atoms with Crippen LogP contribution in [0.2, 0.25) is 0 Å². The maximum Gasteiger partial charge on any atom is 0.0635 e. The van der Waals surface area contributed by atoms with Crippen LogP contribution < -0.4 is 0 Å². The zero-order valence-electron chi connectivity index (χ0n) is 8.75. The van der Waals surface area contributed by atoms with Crippen LogP contribution in [0.15, 0.2) is 0 Å². The van der Waals surface area contributed by atoms with E-state index in [9.17, 15) is 0 Å². The highest BCUT2D eigenvalue weighted by molar-refractivity contribution is 4.71. The van der Waals surface area contributed by atoms with Crippen molar-refractivity contribution in [2.45, 2.75) is 26.2 Å². The molecule has 0 unspecified atom stereocenters. The number of nitriles is 1. The lowest BCUT2D eigenvalue weighted by Gasteiger charge is -2.18. The Labute approximate surface area is 81.3 Å². The van der Waals surface area contributed by atoms with E-state index < -0.39 is 0 Å². The summed E-state index contributed by atoms with van der Waals surface area (Å²) >= 11 is 0. The molecule has 0 fully saturated rings. The summed E-state index contributed by atoms with van der Waals surface area (Å²) in [6.45, 7) is 6.00. The molecule has 3 heteroatoms. The molecule has 0 radical (unpaired) electrons. The monoisotopic (exact) mass is 184 g/mol. The van der Waals surface area contributed by atoms with Crippen LogP contribution in [0, 0.1) is 11.3 Å². The molecule has 0 saturated heterocycles. The van der Waals surface area contributed by atoms with Crippen molar-refractivity contribution in [1.82, 2.24) is 4.90 Å². The molecule has 0 N–H and O–H groups in total. The van der Waals surface area contributed by atoms with Gasteiger partial charge in [-0.2, -0.15) is 5.26 Å². The molecule has 0 bridgehead atoms. The van der Waals surface area contributed by atoms with Crippen molar-refractivity contribution < 1.29 is 4.74 Å². The molecule has 0 aliphatic rings. The minimum Gasteiger partial charge on any atom is -0.385 e. The Bertz CT molecular complexity index is 142. The van der Waals surface area contributed by atoms with Crippen molar-refractivity contribution >= 4 is 0 Å². The average molecular weight is 184 g/mol. The van der Waals surface area contributed by atoms with Crippen molar-refractivity contribution in [3.63, 3.8) is 0 Å². The lowest BCUT2D eigenvalue weighted by molar-refractivity contribution is 0.185. The number of hydrogen-bond donors (Lipinski definition) is 0. The normalized spacial score (nSPS) is 10.3. The first-order valence-corrected chi connectivity index (χ1v) is 4.93. The Morgan fingerprint density at radius 2 is 2.08 bits per heavy atom. The average Bonchev–Trinajstić information content (AvgIpc) is 2.17. The standard InChI is InChI=1S/C10H20N2O/c1-3-12(9-6-7-11)8-4-5-10-13-2/h3-6,8-10H2,1-2H3. The zero-order chi connectivity index (χ0) is 9.94.